The number of H-pyrrole nitrogens is 1. The Morgan fingerprint density at radius 1 is 1.06 bits per heavy atom. The number of aromatic amines is 1. The second kappa shape index (κ2) is 8.26. The van der Waals surface area contributed by atoms with Crippen LogP contribution in [0.25, 0.3) is 32.9 Å². The Labute approximate surface area is 204 Å². The Balaban J connectivity index is 1.46. The Bertz CT molecular complexity index is 1610. The van der Waals surface area contributed by atoms with Gasteiger partial charge in [0.15, 0.2) is 0 Å². The molecular weight excluding hydrogens is 461 g/mol. The lowest BCUT2D eigenvalue weighted by atomic mass is 10.0. The summed E-state index contributed by atoms with van der Waals surface area (Å²) >= 11 is 0. The van der Waals surface area contributed by atoms with Gasteiger partial charge >= 0.3 is 0 Å². The summed E-state index contributed by atoms with van der Waals surface area (Å²) in [6, 6.07) is 14.8. The van der Waals surface area contributed by atoms with Gasteiger partial charge in [0.05, 0.1) is 36.2 Å². The van der Waals surface area contributed by atoms with E-state index in [0.717, 1.165) is 27.4 Å². The van der Waals surface area contributed by atoms with Crippen molar-refractivity contribution in [1.29, 1.82) is 0 Å². The first-order chi connectivity index (χ1) is 17.5. The molecule has 0 saturated carbocycles. The molecule has 6 rings (SSSR count). The van der Waals surface area contributed by atoms with Crippen LogP contribution in [0.15, 0.2) is 73.3 Å². The lowest BCUT2D eigenvalue weighted by molar-refractivity contribution is -0.146. The van der Waals surface area contributed by atoms with Gasteiger partial charge in [-0.2, -0.15) is 15.3 Å². The van der Waals surface area contributed by atoms with Crippen LogP contribution in [-0.2, 0) is 15.3 Å². The summed E-state index contributed by atoms with van der Waals surface area (Å²) in [5.41, 5.74) is 2.24. The molecule has 2 N–H and O–H groups in total. The molecule has 1 aliphatic rings. The molecule has 9 nitrogen and oxygen atoms in total. The van der Waals surface area contributed by atoms with Gasteiger partial charge in [-0.05, 0) is 48.0 Å². The number of aromatic nitrogens is 5. The normalized spacial score (nSPS) is 19.7. The zero-order chi connectivity index (χ0) is 24.9. The number of fused-ring (bicyclic) bond motifs is 2. The number of benzene rings is 2. The first kappa shape index (κ1) is 21.9. The molecule has 2 atom stereocenters. The molecule has 10 heteroatoms. The van der Waals surface area contributed by atoms with E-state index in [1.54, 1.807) is 41.5 Å². The Hall–Kier alpha value is -4.60. The van der Waals surface area contributed by atoms with Crippen LogP contribution >= 0.6 is 0 Å². The summed E-state index contributed by atoms with van der Waals surface area (Å²) < 4.78 is 16.7. The summed E-state index contributed by atoms with van der Waals surface area (Å²) in [6.07, 6.45) is 5.21. The zero-order valence-corrected chi connectivity index (χ0v) is 19.4. The molecule has 180 valence electrons. The van der Waals surface area contributed by atoms with Gasteiger partial charge in [-0.25, -0.2) is 4.39 Å². The van der Waals surface area contributed by atoms with Gasteiger partial charge in [0.25, 0.3) is 5.91 Å². The topological polar surface area (TPSA) is 109 Å². The number of anilines is 1. The molecule has 5 aromatic rings. The van der Waals surface area contributed by atoms with Crippen molar-refractivity contribution in [1.82, 2.24) is 29.9 Å². The second-order valence-corrected chi connectivity index (χ2v) is 8.96. The number of likely N-dealkylation sites (tertiary alicyclic amines) is 1. The second-order valence-electron chi connectivity index (χ2n) is 8.96. The van der Waals surface area contributed by atoms with Crippen molar-refractivity contribution in [2.75, 3.05) is 11.9 Å². The fraction of sp³-hybridized carbons (Fsp3) is 0.192. The summed E-state index contributed by atoms with van der Waals surface area (Å²) in [5.74, 6) is -0.868. The molecule has 3 aromatic heterocycles. The first-order valence-corrected chi connectivity index (χ1v) is 11.5. The summed E-state index contributed by atoms with van der Waals surface area (Å²) in [4.78, 5) is 28.0. The van der Waals surface area contributed by atoms with Crippen LogP contribution in [0.3, 0.4) is 0 Å². The van der Waals surface area contributed by atoms with Gasteiger partial charge in [0.1, 0.15) is 6.17 Å². The highest BCUT2D eigenvalue weighted by atomic mass is 19.1. The van der Waals surface area contributed by atoms with Gasteiger partial charge in [-0.15, -0.1) is 0 Å². The fourth-order valence-corrected chi connectivity index (χ4v) is 5.13. The lowest BCUT2D eigenvalue weighted by Crippen LogP contribution is -2.56. The third-order valence-electron chi connectivity index (χ3n) is 6.78. The monoisotopic (exact) mass is 483 g/mol. The average Bonchev–Trinajstić information content (AvgIpc) is 3.60. The number of carbonyl (C=O) groups excluding carboxylic acids is 2. The smallest absolute Gasteiger partial charge is 0.271 e. The van der Waals surface area contributed by atoms with Crippen LogP contribution in [0, 0.1) is 0 Å². The molecular formula is C26H22FN7O2. The summed E-state index contributed by atoms with van der Waals surface area (Å²) in [5, 5.41) is 19.3. The number of nitrogens with zero attached hydrogens (tertiary/aromatic N) is 5. The molecule has 4 heterocycles. The van der Waals surface area contributed by atoms with Gasteiger partial charge in [0, 0.05) is 41.6 Å². The quantitative estimate of drug-likeness (QED) is 0.404. The molecule has 0 radical (unpaired) electrons. The predicted octanol–water partition coefficient (Wildman–Crippen LogP) is 3.86. The Kier molecular flexibility index (Phi) is 5.03. The van der Waals surface area contributed by atoms with Crippen LogP contribution in [-0.4, -0.2) is 54.4 Å². The molecule has 1 aliphatic heterocycles. The first-order valence-electron chi connectivity index (χ1n) is 11.5. The van der Waals surface area contributed by atoms with E-state index in [9.17, 15) is 14.0 Å². The molecule has 0 bridgehead atoms. The van der Waals surface area contributed by atoms with Crippen molar-refractivity contribution in [2.45, 2.75) is 25.2 Å². The molecule has 2 unspecified atom stereocenters. The van der Waals surface area contributed by atoms with E-state index in [-0.39, 0.29) is 18.9 Å². The van der Waals surface area contributed by atoms with Gasteiger partial charge < -0.3 is 14.8 Å². The van der Waals surface area contributed by atoms with Gasteiger partial charge in [-0.3, -0.25) is 14.7 Å². The highest BCUT2D eigenvalue weighted by Crippen LogP contribution is 2.40. The number of amides is 2. The van der Waals surface area contributed by atoms with E-state index in [1.807, 2.05) is 36.4 Å². The number of hydrogen-bond acceptors (Lipinski definition) is 5. The minimum absolute atomic E-state index is 0.162. The molecule has 36 heavy (non-hydrogen) atoms. The SMILES string of the molecule is CC(=O)N1CC(F)CC1(C(=O)Nc1ccc2cn[nH]c2c1)n1ccc2cc(-c3ccnnc3)ccc21. The van der Waals surface area contributed by atoms with E-state index in [2.05, 4.69) is 25.7 Å². The predicted molar refractivity (Wildman–Crippen MR) is 133 cm³/mol. The number of nitrogens with one attached hydrogen (secondary N) is 2. The zero-order valence-electron chi connectivity index (χ0n) is 19.4. The summed E-state index contributed by atoms with van der Waals surface area (Å²) in [7, 11) is 0. The maximum absolute atomic E-state index is 15.0. The van der Waals surface area contributed by atoms with Crippen LogP contribution in [0.1, 0.15) is 13.3 Å². The van der Waals surface area contributed by atoms with Crippen molar-refractivity contribution < 1.29 is 14.0 Å². The van der Waals surface area contributed by atoms with E-state index in [0.29, 0.717) is 11.2 Å². The van der Waals surface area contributed by atoms with E-state index < -0.39 is 17.7 Å². The minimum atomic E-state index is -1.57. The van der Waals surface area contributed by atoms with Crippen LogP contribution in [0.2, 0.25) is 0 Å². The molecule has 2 amide bonds. The molecule has 0 spiro atoms. The van der Waals surface area contributed by atoms with Gasteiger partial charge in [0.2, 0.25) is 11.6 Å². The van der Waals surface area contributed by atoms with E-state index >= 15 is 0 Å². The fourth-order valence-electron chi connectivity index (χ4n) is 5.13. The highest BCUT2D eigenvalue weighted by Gasteiger charge is 2.55. The van der Waals surface area contributed by atoms with Crippen molar-refractivity contribution in [3.63, 3.8) is 0 Å². The molecule has 1 saturated heterocycles. The van der Waals surface area contributed by atoms with Crippen molar-refractivity contribution in [3.05, 3.63) is 73.3 Å². The van der Waals surface area contributed by atoms with Crippen molar-refractivity contribution in [3.8, 4) is 11.1 Å². The Morgan fingerprint density at radius 2 is 1.94 bits per heavy atom. The minimum Gasteiger partial charge on any atom is -0.322 e. The number of alkyl halides is 1. The third-order valence-corrected chi connectivity index (χ3v) is 6.78. The number of carbonyl (C=O) groups is 2. The highest BCUT2D eigenvalue weighted by molar-refractivity contribution is 6.01. The molecule has 1 fully saturated rings. The van der Waals surface area contributed by atoms with E-state index in [1.165, 1.54) is 11.8 Å². The van der Waals surface area contributed by atoms with Gasteiger partial charge in [-0.1, -0.05) is 6.07 Å². The number of rotatable bonds is 4. The molecule has 0 aliphatic carbocycles. The standard InChI is InChI=1S/C26H22FN7O2/c1-16(35)34-15-21(27)12-26(34,25(36)31-22-4-2-20-14-30-32-23(20)11-22)33-9-7-18-10-17(3-5-24(18)33)19-6-8-28-29-13-19/h2-11,13-14,21H,12,15H2,1H3,(H,30,32)(H,31,36). The lowest BCUT2D eigenvalue weighted by Gasteiger charge is -2.38. The largest absolute Gasteiger partial charge is 0.322 e. The van der Waals surface area contributed by atoms with Crippen molar-refractivity contribution >= 4 is 39.3 Å². The summed E-state index contributed by atoms with van der Waals surface area (Å²) in [6.45, 7) is 1.19. The van der Waals surface area contributed by atoms with Crippen LogP contribution < -0.4 is 5.32 Å². The van der Waals surface area contributed by atoms with Crippen molar-refractivity contribution in [2.24, 2.45) is 0 Å². The average molecular weight is 484 g/mol. The molecule has 2 aromatic carbocycles. The van der Waals surface area contributed by atoms with E-state index in [4.69, 9.17) is 0 Å². The number of halogens is 1. The maximum Gasteiger partial charge on any atom is 0.271 e. The number of hydrogen-bond donors (Lipinski definition) is 2. The van der Waals surface area contributed by atoms with Crippen LogP contribution in [0.4, 0.5) is 10.1 Å². The maximum atomic E-state index is 15.0. The Morgan fingerprint density at radius 3 is 2.75 bits per heavy atom. The third kappa shape index (κ3) is 3.41. The van der Waals surface area contributed by atoms with Crippen LogP contribution in [0.5, 0.6) is 0 Å².